The summed E-state index contributed by atoms with van der Waals surface area (Å²) in [6, 6.07) is 17.8. The molecule has 0 fully saturated rings. The zero-order chi connectivity index (χ0) is 13.5. The van der Waals surface area contributed by atoms with E-state index in [0.29, 0.717) is 0 Å². The molecule has 2 aromatic rings. The van der Waals surface area contributed by atoms with Crippen LogP contribution in [0.2, 0.25) is 0 Å². The number of ether oxygens (including phenoxy) is 1. The van der Waals surface area contributed by atoms with Gasteiger partial charge in [0.1, 0.15) is 0 Å². The third kappa shape index (κ3) is 3.82. The fourth-order valence-electron chi connectivity index (χ4n) is 1.62. The van der Waals surface area contributed by atoms with Gasteiger partial charge in [0.15, 0.2) is 0 Å². The van der Waals surface area contributed by atoms with Gasteiger partial charge in [-0.1, -0.05) is 0 Å². The van der Waals surface area contributed by atoms with Gasteiger partial charge >= 0.3 is 121 Å². The zero-order valence-corrected chi connectivity index (χ0v) is 12.3. The van der Waals surface area contributed by atoms with Crippen LogP contribution in [0.15, 0.2) is 65.7 Å². The summed E-state index contributed by atoms with van der Waals surface area (Å²) in [6.07, 6.45) is 3.72. The predicted molar refractivity (Wildman–Crippen MR) is 81.3 cm³/mol. The van der Waals surface area contributed by atoms with Crippen molar-refractivity contribution < 1.29 is 4.74 Å². The molecule has 0 aliphatic heterocycles. The maximum atomic E-state index is 5.25. The van der Waals surface area contributed by atoms with Crippen molar-refractivity contribution in [1.82, 2.24) is 0 Å². The fraction of sp³-hybridized carbons (Fsp3) is 0.0625. The summed E-state index contributed by atoms with van der Waals surface area (Å²) >= 11 is 3.05. The summed E-state index contributed by atoms with van der Waals surface area (Å²) in [5.41, 5.74) is 1.97. The molecule has 0 aromatic heterocycles. The van der Waals surface area contributed by atoms with Crippen LogP contribution >= 0.6 is 0 Å². The Morgan fingerprint density at radius 1 is 1.05 bits per heavy atom. The van der Waals surface area contributed by atoms with Crippen LogP contribution < -0.4 is 4.74 Å². The van der Waals surface area contributed by atoms with Crippen LogP contribution in [0, 0.1) is 0 Å². The van der Waals surface area contributed by atoms with Crippen LogP contribution in [-0.4, -0.2) is 29.3 Å². The third-order valence-electron chi connectivity index (χ3n) is 2.58. The fourth-order valence-corrected chi connectivity index (χ4v) is 2.03. The molecule has 0 unspecified atom stereocenters. The minimum absolute atomic E-state index is 0.772. The molecule has 95 valence electrons. The van der Waals surface area contributed by atoms with E-state index in [1.165, 1.54) is 0 Å². The second-order valence-electron chi connectivity index (χ2n) is 3.85. The van der Waals surface area contributed by atoms with Gasteiger partial charge in [-0.3, -0.25) is 0 Å². The van der Waals surface area contributed by atoms with Crippen LogP contribution in [0.4, 0.5) is 5.69 Å². The molecule has 0 bridgehead atoms. The summed E-state index contributed by atoms with van der Waals surface area (Å²) in [5.74, 6) is 0.772. The predicted octanol–water partition coefficient (Wildman–Crippen LogP) is 3.61. The van der Waals surface area contributed by atoms with Gasteiger partial charge < -0.3 is 0 Å². The molecule has 0 heterocycles. The first-order chi connectivity index (χ1) is 9.31. The second-order valence-corrected chi connectivity index (χ2v) is 4.77. The monoisotopic (exact) mass is 316 g/mol. The molecule has 2 nitrogen and oxygen atoms in total. The van der Waals surface area contributed by atoms with Crippen molar-refractivity contribution in [1.29, 1.82) is 0 Å². The topological polar surface area (TPSA) is 21.6 Å². The normalized spacial score (nSPS) is 11.7. The van der Waals surface area contributed by atoms with Crippen LogP contribution in [0.1, 0.15) is 5.56 Å². The molecule has 0 aliphatic carbocycles. The first-order valence-electron chi connectivity index (χ1n) is 5.91. The van der Waals surface area contributed by atoms with Crippen LogP contribution in [0.25, 0.3) is 4.47 Å². The van der Waals surface area contributed by atoms with E-state index in [1.807, 2.05) is 48.5 Å². The van der Waals surface area contributed by atoms with Crippen molar-refractivity contribution in [2.45, 2.75) is 0 Å². The van der Waals surface area contributed by atoms with Crippen molar-refractivity contribution in [2.75, 3.05) is 7.11 Å². The Balaban J connectivity index is 2.15. The minimum atomic E-state index is 0.772. The van der Waals surface area contributed by atoms with Crippen molar-refractivity contribution in [3.8, 4) is 5.75 Å². The summed E-state index contributed by atoms with van der Waals surface area (Å²) < 4.78 is 6.30. The molecule has 0 amide bonds. The van der Waals surface area contributed by atoms with E-state index in [4.69, 9.17) is 4.74 Å². The molecule has 19 heavy (non-hydrogen) atoms. The molecule has 0 saturated carbocycles. The number of aliphatic imine (C=N–C) groups is 1. The summed E-state index contributed by atoms with van der Waals surface area (Å²) in [7, 11) is 1.65. The molecular formula is C16H14NOSe. The Bertz CT molecular complexity index is 591. The van der Waals surface area contributed by atoms with Gasteiger partial charge in [-0.2, -0.15) is 0 Å². The Kier molecular flexibility index (Phi) is 4.96. The number of hydrogen-bond donors (Lipinski definition) is 0. The number of nitrogens with zero attached hydrogens (tertiary/aromatic N) is 1. The maximum absolute atomic E-state index is 5.25. The van der Waals surface area contributed by atoms with Gasteiger partial charge in [-0.15, -0.1) is 0 Å². The van der Waals surface area contributed by atoms with E-state index in [1.54, 1.807) is 13.3 Å². The molecule has 1 radical (unpaired) electrons. The molecule has 2 aromatic carbocycles. The Labute approximate surface area is 121 Å². The average molecular weight is 315 g/mol. The van der Waals surface area contributed by atoms with Crippen molar-refractivity contribution in [3.63, 3.8) is 0 Å². The van der Waals surface area contributed by atoms with Gasteiger partial charge in [0.25, 0.3) is 0 Å². The first kappa shape index (κ1) is 13.6. The number of methoxy groups -OCH3 is 1. The molecule has 0 saturated heterocycles. The number of rotatable bonds is 4. The Morgan fingerprint density at radius 3 is 2.47 bits per heavy atom. The summed E-state index contributed by atoms with van der Waals surface area (Å²) in [4.78, 5) is 4.40. The van der Waals surface area contributed by atoms with Gasteiger partial charge in [0, 0.05) is 0 Å². The van der Waals surface area contributed by atoms with E-state index in [2.05, 4.69) is 33.1 Å². The first-order valence-corrected chi connectivity index (χ1v) is 6.76. The Morgan fingerprint density at radius 2 is 1.74 bits per heavy atom. The standard InChI is InChI=1S/C16H14NOSe/c1-18-15-10-6-5-9-14(15)17-12-11-16(19)13-7-3-2-4-8-13/h2-12H,1H3. The van der Waals surface area contributed by atoms with Gasteiger partial charge in [-0.25, -0.2) is 0 Å². The van der Waals surface area contributed by atoms with E-state index in [9.17, 15) is 0 Å². The third-order valence-corrected chi connectivity index (χ3v) is 3.36. The zero-order valence-electron chi connectivity index (χ0n) is 10.6. The molecule has 0 spiro atoms. The van der Waals surface area contributed by atoms with Crippen LogP contribution in [0.3, 0.4) is 0 Å². The van der Waals surface area contributed by atoms with Gasteiger partial charge in [0.2, 0.25) is 0 Å². The van der Waals surface area contributed by atoms with E-state index in [0.717, 1.165) is 21.5 Å². The van der Waals surface area contributed by atoms with Crippen molar-refractivity contribution in [3.05, 3.63) is 66.2 Å². The number of allylic oxidation sites excluding steroid dienone is 1. The summed E-state index contributed by atoms with van der Waals surface area (Å²) in [5, 5.41) is 0. The SMILES string of the molecule is COc1ccccc1N=CC=C([Se])c1ccccc1. The van der Waals surface area contributed by atoms with Crippen LogP contribution in [-0.2, 0) is 0 Å². The molecule has 0 atom stereocenters. The van der Waals surface area contributed by atoms with E-state index in [-0.39, 0.29) is 0 Å². The second kappa shape index (κ2) is 6.93. The van der Waals surface area contributed by atoms with E-state index < -0.39 is 0 Å². The average Bonchev–Trinajstić information content (AvgIpc) is 2.48. The summed E-state index contributed by atoms with van der Waals surface area (Å²) in [6.45, 7) is 0. The number of hydrogen-bond acceptors (Lipinski definition) is 2. The van der Waals surface area contributed by atoms with Gasteiger partial charge in [0.05, 0.1) is 0 Å². The molecular weight excluding hydrogens is 301 g/mol. The van der Waals surface area contributed by atoms with Gasteiger partial charge in [-0.05, 0) is 0 Å². The van der Waals surface area contributed by atoms with Crippen molar-refractivity contribution in [2.24, 2.45) is 4.99 Å². The van der Waals surface area contributed by atoms with Crippen LogP contribution in [0.5, 0.6) is 5.75 Å². The van der Waals surface area contributed by atoms with Crippen molar-refractivity contribution >= 4 is 32.4 Å². The number of para-hydroxylation sites is 2. The molecule has 2 rings (SSSR count). The molecule has 0 N–H and O–H groups in total. The Hall–Kier alpha value is -1.83. The number of benzene rings is 2. The quantitative estimate of drug-likeness (QED) is 0.624. The van der Waals surface area contributed by atoms with E-state index >= 15 is 0 Å². The molecule has 0 aliphatic rings. The molecule has 3 heteroatoms.